The molecule has 1 fully saturated rings. The Morgan fingerprint density at radius 2 is 2.38 bits per heavy atom. The van der Waals surface area contributed by atoms with Crippen LogP contribution in [0.1, 0.15) is 37.0 Å². The Balaban J connectivity index is 2.36. The molecule has 4 heteroatoms. The smallest absolute Gasteiger partial charge is 0.129 e. The lowest BCUT2D eigenvalue weighted by Crippen LogP contribution is -2.33. The number of nitrogen functional groups attached to an aromatic ring is 1. The number of aliphatic hydroxyl groups is 1. The molecule has 2 atom stereocenters. The third-order valence-electron chi connectivity index (χ3n) is 3.34. The molecule has 1 aromatic rings. The van der Waals surface area contributed by atoms with Gasteiger partial charge in [0, 0.05) is 18.4 Å². The second kappa shape index (κ2) is 4.03. The lowest BCUT2D eigenvalue weighted by Gasteiger charge is -2.30. The molecule has 88 valence electrons. The molecule has 0 aliphatic carbocycles. The molecule has 2 rings (SSSR count). The van der Waals surface area contributed by atoms with E-state index in [-0.39, 0.29) is 0 Å². The van der Waals surface area contributed by atoms with Gasteiger partial charge in [0.1, 0.15) is 11.9 Å². The predicted molar refractivity (Wildman–Crippen MR) is 61.9 cm³/mol. The monoisotopic (exact) mass is 222 g/mol. The van der Waals surface area contributed by atoms with Crippen LogP contribution in [0.15, 0.2) is 12.3 Å². The highest BCUT2D eigenvalue weighted by atomic mass is 16.5. The summed E-state index contributed by atoms with van der Waals surface area (Å²) in [6.45, 7) is 4.55. The van der Waals surface area contributed by atoms with E-state index in [1.807, 2.05) is 19.9 Å². The minimum Gasteiger partial charge on any atom is -0.385 e. The normalized spacial score (nSPS) is 26.9. The number of aryl methyl sites for hydroxylation is 1. The van der Waals surface area contributed by atoms with E-state index in [0.717, 1.165) is 18.4 Å². The summed E-state index contributed by atoms with van der Waals surface area (Å²) < 4.78 is 5.63. The molecule has 0 amide bonds. The Hall–Kier alpha value is -1.13. The SMILES string of the molecule is Cc1ccnc(N)c1C(O)C1(C)CCCO1. The molecular weight excluding hydrogens is 204 g/mol. The van der Waals surface area contributed by atoms with Crippen molar-refractivity contribution in [2.75, 3.05) is 12.3 Å². The van der Waals surface area contributed by atoms with Gasteiger partial charge in [-0.25, -0.2) is 4.98 Å². The number of aromatic nitrogens is 1. The van der Waals surface area contributed by atoms with Gasteiger partial charge in [-0.1, -0.05) is 0 Å². The van der Waals surface area contributed by atoms with Gasteiger partial charge in [-0.15, -0.1) is 0 Å². The van der Waals surface area contributed by atoms with Gasteiger partial charge in [0.2, 0.25) is 0 Å². The minimum atomic E-state index is -0.705. The molecule has 2 heterocycles. The van der Waals surface area contributed by atoms with E-state index in [0.29, 0.717) is 18.0 Å². The maximum Gasteiger partial charge on any atom is 0.129 e. The zero-order chi connectivity index (χ0) is 11.8. The van der Waals surface area contributed by atoms with E-state index >= 15 is 0 Å². The second-order valence-electron chi connectivity index (χ2n) is 4.59. The van der Waals surface area contributed by atoms with Crippen molar-refractivity contribution in [3.05, 3.63) is 23.4 Å². The number of pyridine rings is 1. The van der Waals surface area contributed by atoms with E-state index in [2.05, 4.69) is 4.98 Å². The van der Waals surface area contributed by atoms with Crippen molar-refractivity contribution in [2.24, 2.45) is 0 Å². The topological polar surface area (TPSA) is 68.4 Å². The van der Waals surface area contributed by atoms with Gasteiger partial charge in [0.15, 0.2) is 0 Å². The molecule has 0 saturated carbocycles. The molecule has 16 heavy (non-hydrogen) atoms. The van der Waals surface area contributed by atoms with Gasteiger partial charge >= 0.3 is 0 Å². The second-order valence-corrected chi connectivity index (χ2v) is 4.59. The molecule has 4 nitrogen and oxygen atoms in total. The number of nitrogens with zero attached hydrogens (tertiary/aromatic N) is 1. The van der Waals surface area contributed by atoms with E-state index in [9.17, 15) is 5.11 Å². The van der Waals surface area contributed by atoms with Crippen molar-refractivity contribution < 1.29 is 9.84 Å². The van der Waals surface area contributed by atoms with Crippen LogP contribution in [0.5, 0.6) is 0 Å². The third-order valence-corrected chi connectivity index (χ3v) is 3.34. The number of hydrogen-bond donors (Lipinski definition) is 2. The molecular formula is C12H18N2O2. The Labute approximate surface area is 95.4 Å². The van der Waals surface area contributed by atoms with Crippen molar-refractivity contribution in [1.29, 1.82) is 0 Å². The van der Waals surface area contributed by atoms with Crippen LogP contribution >= 0.6 is 0 Å². The van der Waals surface area contributed by atoms with Crippen LogP contribution in [0, 0.1) is 6.92 Å². The first-order chi connectivity index (χ1) is 7.54. The fourth-order valence-electron chi connectivity index (χ4n) is 2.27. The largest absolute Gasteiger partial charge is 0.385 e. The van der Waals surface area contributed by atoms with Crippen LogP contribution in [-0.2, 0) is 4.74 Å². The molecule has 1 aliphatic heterocycles. The zero-order valence-electron chi connectivity index (χ0n) is 9.73. The van der Waals surface area contributed by atoms with Crippen molar-refractivity contribution >= 4 is 5.82 Å². The van der Waals surface area contributed by atoms with Gasteiger partial charge in [0.25, 0.3) is 0 Å². The molecule has 1 aromatic heterocycles. The van der Waals surface area contributed by atoms with Gasteiger partial charge in [-0.2, -0.15) is 0 Å². The number of nitrogens with two attached hydrogens (primary N) is 1. The molecule has 0 bridgehead atoms. The van der Waals surface area contributed by atoms with Gasteiger partial charge in [-0.05, 0) is 38.3 Å². The van der Waals surface area contributed by atoms with Crippen LogP contribution in [0.2, 0.25) is 0 Å². The summed E-state index contributed by atoms with van der Waals surface area (Å²) in [4.78, 5) is 4.03. The first-order valence-corrected chi connectivity index (χ1v) is 5.57. The third kappa shape index (κ3) is 1.79. The quantitative estimate of drug-likeness (QED) is 0.797. The van der Waals surface area contributed by atoms with Crippen LogP contribution in [0.4, 0.5) is 5.82 Å². The molecule has 0 aromatic carbocycles. The molecule has 1 aliphatic rings. The lowest BCUT2D eigenvalue weighted by molar-refractivity contribution is -0.0796. The van der Waals surface area contributed by atoms with Crippen molar-refractivity contribution in [3.63, 3.8) is 0 Å². The molecule has 2 unspecified atom stereocenters. The van der Waals surface area contributed by atoms with Crippen LogP contribution in [0.25, 0.3) is 0 Å². The number of anilines is 1. The predicted octanol–water partition coefficient (Wildman–Crippen LogP) is 1.57. The number of hydrogen-bond acceptors (Lipinski definition) is 4. The Kier molecular flexibility index (Phi) is 2.86. The van der Waals surface area contributed by atoms with Gasteiger partial charge < -0.3 is 15.6 Å². The maximum atomic E-state index is 10.4. The Bertz CT molecular complexity index is 366. The fraction of sp³-hybridized carbons (Fsp3) is 0.583. The fourth-order valence-corrected chi connectivity index (χ4v) is 2.27. The van der Waals surface area contributed by atoms with Crippen molar-refractivity contribution in [1.82, 2.24) is 4.98 Å². The lowest BCUT2D eigenvalue weighted by atomic mass is 9.88. The first kappa shape index (κ1) is 11.4. The van der Waals surface area contributed by atoms with Crippen molar-refractivity contribution in [3.8, 4) is 0 Å². The number of ether oxygens (including phenoxy) is 1. The summed E-state index contributed by atoms with van der Waals surface area (Å²) in [5.41, 5.74) is 6.95. The highest BCUT2D eigenvalue weighted by Gasteiger charge is 2.39. The molecule has 1 saturated heterocycles. The molecule has 0 radical (unpaired) electrons. The molecule has 3 N–H and O–H groups in total. The van der Waals surface area contributed by atoms with E-state index in [1.54, 1.807) is 6.20 Å². The number of aliphatic hydroxyl groups excluding tert-OH is 1. The van der Waals surface area contributed by atoms with E-state index < -0.39 is 11.7 Å². The summed E-state index contributed by atoms with van der Waals surface area (Å²) in [6.07, 6.45) is 2.77. The zero-order valence-corrected chi connectivity index (χ0v) is 9.73. The van der Waals surface area contributed by atoms with E-state index in [1.165, 1.54) is 0 Å². The van der Waals surface area contributed by atoms with Crippen LogP contribution < -0.4 is 5.73 Å². The molecule has 0 spiro atoms. The highest BCUT2D eigenvalue weighted by molar-refractivity contribution is 5.46. The summed E-state index contributed by atoms with van der Waals surface area (Å²) in [6, 6.07) is 1.85. The summed E-state index contributed by atoms with van der Waals surface area (Å²) in [7, 11) is 0. The standard InChI is InChI=1S/C12H18N2O2/c1-8-4-6-14-11(13)9(8)10(15)12(2)5-3-7-16-12/h4,6,10,15H,3,5,7H2,1-2H3,(H2,13,14). The van der Waals surface area contributed by atoms with E-state index in [4.69, 9.17) is 10.5 Å². The van der Waals surface area contributed by atoms with Crippen LogP contribution in [0.3, 0.4) is 0 Å². The summed E-state index contributed by atoms with van der Waals surface area (Å²) in [5, 5.41) is 10.4. The average molecular weight is 222 g/mol. The summed E-state index contributed by atoms with van der Waals surface area (Å²) >= 11 is 0. The first-order valence-electron chi connectivity index (χ1n) is 5.57. The maximum absolute atomic E-state index is 10.4. The minimum absolute atomic E-state index is 0.393. The van der Waals surface area contributed by atoms with Gasteiger partial charge in [0.05, 0.1) is 5.60 Å². The van der Waals surface area contributed by atoms with Gasteiger partial charge in [-0.3, -0.25) is 0 Å². The highest BCUT2D eigenvalue weighted by Crippen LogP contribution is 2.39. The number of rotatable bonds is 2. The van der Waals surface area contributed by atoms with Crippen molar-refractivity contribution in [2.45, 2.75) is 38.4 Å². The Morgan fingerprint density at radius 1 is 1.62 bits per heavy atom. The van der Waals surface area contributed by atoms with Crippen LogP contribution in [-0.4, -0.2) is 22.3 Å². The summed E-state index contributed by atoms with van der Waals surface area (Å²) in [5.74, 6) is 0.393. The average Bonchev–Trinajstić information content (AvgIpc) is 2.66. The Morgan fingerprint density at radius 3 is 2.94 bits per heavy atom.